The summed E-state index contributed by atoms with van der Waals surface area (Å²) in [4.78, 5) is 26.0. The molecule has 26 heavy (non-hydrogen) atoms. The number of likely N-dealkylation sites (tertiary alicyclic amines) is 1. The molecule has 0 radical (unpaired) electrons. The van der Waals surface area contributed by atoms with Crippen molar-refractivity contribution < 1.29 is 9.59 Å². The highest BCUT2D eigenvalue weighted by Crippen LogP contribution is 2.17. The molecule has 0 aromatic heterocycles. The van der Waals surface area contributed by atoms with E-state index in [4.69, 9.17) is 0 Å². The van der Waals surface area contributed by atoms with Gasteiger partial charge in [-0.05, 0) is 61.6 Å². The van der Waals surface area contributed by atoms with Crippen molar-refractivity contribution in [2.24, 2.45) is 0 Å². The monoisotopic (exact) mass is 350 g/mol. The van der Waals surface area contributed by atoms with E-state index in [1.807, 2.05) is 29.2 Å². The SMILES string of the molecule is Cc1cc(C)c(CNC(=O)c2ccc(CN3CCCC3=O)cc2)c(C)c1. The van der Waals surface area contributed by atoms with Crippen LogP contribution in [-0.4, -0.2) is 23.3 Å². The molecule has 0 spiro atoms. The fourth-order valence-electron chi connectivity index (χ4n) is 3.61. The average molecular weight is 350 g/mol. The fraction of sp³-hybridized carbons (Fsp3) is 0.364. The smallest absolute Gasteiger partial charge is 0.251 e. The van der Waals surface area contributed by atoms with E-state index in [0.29, 0.717) is 25.1 Å². The number of benzene rings is 2. The third-order valence-corrected chi connectivity index (χ3v) is 5.03. The summed E-state index contributed by atoms with van der Waals surface area (Å²) in [7, 11) is 0. The molecule has 0 saturated carbocycles. The Morgan fingerprint density at radius 1 is 1.08 bits per heavy atom. The zero-order valence-electron chi connectivity index (χ0n) is 15.8. The van der Waals surface area contributed by atoms with Crippen LogP contribution >= 0.6 is 0 Å². The second-order valence-electron chi connectivity index (χ2n) is 7.18. The van der Waals surface area contributed by atoms with Crippen LogP contribution in [0.4, 0.5) is 0 Å². The van der Waals surface area contributed by atoms with Gasteiger partial charge in [0.2, 0.25) is 5.91 Å². The van der Waals surface area contributed by atoms with E-state index in [2.05, 4.69) is 38.2 Å². The third-order valence-electron chi connectivity index (χ3n) is 5.03. The Kier molecular flexibility index (Phi) is 5.40. The first-order chi connectivity index (χ1) is 12.4. The first kappa shape index (κ1) is 18.2. The second kappa shape index (κ2) is 7.73. The predicted molar refractivity (Wildman–Crippen MR) is 103 cm³/mol. The van der Waals surface area contributed by atoms with Gasteiger partial charge in [-0.15, -0.1) is 0 Å². The first-order valence-electron chi connectivity index (χ1n) is 9.15. The van der Waals surface area contributed by atoms with Gasteiger partial charge >= 0.3 is 0 Å². The topological polar surface area (TPSA) is 49.4 Å². The van der Waals surface area contributed by atoms with Gasteiger partial charge in [-0.2, -0.15) is 0 Å². The zero-order chi connectivity index (χ0) is 18.7. The number of nitrogens with zero attached hydrogens (tertiary/aromatic N) is 1. The molecule has 1 aliphatic heterocycles. The second-order valence-corrected chi connectivity index (χ2v) is 7.18. The van der Waals surface area contributed by atoms with E-state index in [-0.39, 0.29) is 11.8 Å². The van der Waals surface area contributed by atoms with E-state index in [1.54, 1.807) is 0 Å². The molecule has 1 saturated heterocycles. The Morgan fingerprint density at radius 3 is 2.31 bits per heavy atom. The largest absolute Gasteiger partial charge is 0.348 e. The number of amides is 2. The van der Waals surface area contributed by atoms with Crippen molar-refractivity contribution in [2.45, 2.75) is 46.7 Å². The molecule has 4 nitrogen and oxygen atoms in total. The van der Waals surface area contributed by atoms with Gasteiger partial charge in [-0.25, -0.2) is 0 Å². The quantitative estimate of drug-likeness (QED) is 0.894. The summed E-state index contributed by atoms with van der Waals surface area (Å²) in [5.41, 5.74) is 6.52. The van der Waals surface area contributed by atoms with Crippen molar-refractivity contribution in [2.75, 3.05) is 6.54 Å². The summed E-state index contributed by atoms with van der Waals surface area (Å²) in [5, 5.41) is 3.01. The number of carbonyl (C=O) groups excluding carboxylic acids is 2. The molecule has 4 heteroatoms. The Bertz CT molecular complexity index is 802. The normalized spacial score (nSPS) is 14.0. The van der Waals surface area contributed by atoms with Gasteiger partial charge in [0.25, 0.3) is 5.91 Å². The average Bonchev–Trinajstić information content (AvgIpc) is 2.99. The van der Waals surface area contributed by atoms with Crippen molar-refractivity contribution >= 4 is 11.8 Å². The highest BCUT2D eigenvalue weighted by atomic mass is 16.2. The maximum absolute atomic E-state index is 12.4. The Hall–Kier alpha value is -2.62. The minimum Gasteiger partial charge on any atom is -0.348 e. The van der Waals surface area contributed by atoms with Crippen LogP contribution in [0.5, 0.6) is 0 Å². The van der Waals surface area contributed by atoms with E-state index in [1.165, 1.54) is 22.3 Å². The van der Waals surface area contributed by atoms with Gasteiger partial charge in [0.15, 0.2) is 0 Å². The third kappa shape index (κ3) is 4.13. The summed E-state index contributed by atoms with van der Waals surface area (Å²) in [5.74, 6) is 0.142. The van der Waals surface area contributed by atoms with Gasteiger partial charge in [-0.3, -0.25) is 9.59 Å². The highest BCUT2D eigenvalue weighted by Gasteiger charge is 2.20. The van der Waals surface area contributed by atoms with Crippen molar-refractivity contribution in [1.82, 2.24) is 10.2 Å². The summed E-state index contributed by atoms with van der Waals surface area (Å²) in [6.07, 6.45) is 1.59. The lowest BCUT2D eigenvalue weighted by atomic mass is 10.00. The molecule has 1 aliphatic rings. The molecule has 2 amide bonds. The lowest BCUT2D eigenvalue weighted by Crippen LogP contribution is -2.25. The molecule has 0 aliphatic carbocycles. The molecule has 0 bridgehead atoms. The molecule has 2 aromatic carbocycles. The van der Waals surface area contributed by atoms with E-state index < -0.39 is 0 Å². The number of nitrogens with one attached hydrogen (secondary N) is 1. The molecular formula is C22H26N2O2. The molecule has 1 heterocycles. The maximum Gasteiger partial charge on any atom is 0.251 e. The minimum absolute atomic E-state index is 0.0758. The van der Waals surface area contributed by atoms with Crippen LogP contribution in [0, 0.1) is 20.8 Å². The van der Waals surface area contributed by atoms with Crippen molar-refractivity contribution in [1.29, 1.82) is 0 Å². The van der Waals surface area contributed by atoms with Crippen molar-refractivity contribution in [3.8, 4) is 0 Å². The van der Waals surface area contributed by atoms with Crippen molar-refractivity contribution in [3.63, 3.8) is 0 Å². The van der Waals surface area contributed by atoms with Crippen LogP contribution in [0.2, 0.25) is 0 Å². The first-order valence-corrected chi connectivity index (χ1v) is 9.15. The molecule has 136 valence electrons. The fourth-order valence-corrected chi connectivity index (χ4v) is 3.61. The molecule has 3 rings (SSSR count). The lowest BCUT2D eigenvalue weighted by Gasteiger charge is -2.16. The van der Waals surface area contributed by atoms with Crippen molar-refractivity contribution in [3.05, 3.63) is 69.8 Å². The molecular weight excluding hydrogens is 324 g/mol. The maximum atomic E-state index is 12.4. The Morgan fingerprint density at radius 2 is 1.73 bits per heavy atom. The van der Waals surface area contributed by atoms with Crippen LogP contribution in [-0.2, 0) is 17.9 Å². The van der Waals surface area contributed by atoms with Crippen LogP contribution in [0.1, 0.15) is 51.0 Å². The summed E-state index contributed by atoms with van der Waals surface area (Å²) >= 11 is 0. The summed E-state index contributed by atoms with van der Waals surface area (Å²) in [6.45, 7) is 8.23. The van der Waals surface area contributed by atoms with E-state index in [9.17, 15) is 9.59 Å². The lowest BCUT2D eigenvalue weighted by molar-refractivity contribution is -0.128. The van der Waals surface area contributed by atoms with Gasteiger partial charge < -0.3 is 10.2 Å². The standard InChI is InChI=1S/C22H26N2O2/c1-15-11-16(2)20(17(3)12-15)13-23-22(26)19-8-6-18(7-9-19)14-24-10-4-5-21(24)25/h6-9,11-12H,4-5,10,13-14H2,1-3H3,(H,23,26). The minimum atomic E-state index is -0.0758. The number of hydrogen-bond donors (Lipinski definition) is 1. The van der Waals surface area contributed by atoms with Gasteiger partial charge in [0, 0.05) is 31.6 Å². The van der Waals surface area contributed by atoms with E-state index >= 15 is 0 Å². The van der Waals surface area contributed by atoms with Crippen LogP contribution in [0.15, 0.2) is 36.4 Å². The molecule has 1 N–H and O–H groups in total. The van der Waals surface area contributed by atoms with E-state index in [0.717, 1.165) is 18.5 Å². The van der Waals surface area contributed by atoms with Crippen LogP contribution in [0.25, 0.3) is 0 Å². The Balaban J connectivity index is 1.61. The van der Waals surface area contributed by atoms with Gasteiger partial charge in [-0.1, -0.05) is 29.8 Å². The molecule has 0 atom stereocenters. The molecule has 0 unspecified atom stereocenters. The molecule has 2 aromatic rings. The number of carbonyl (C=O) groups is 2. The zero-order valence-corrected chi connectivity index (χ0v) is 15.8. The van der Waals surface area contributed by atoms with Crippen LogP contribution < -0.4 is 5.32 Å². The van der Waals surface area contributed by atoms with Gasteiger partial charge in [0.1, 0.15) is 0 Å². The highest BCUT2D eigenvalue weighted by molar-refractivity contribution is 5.94. The Labute approximate surface area is 155 Å². The predicted octanol–water partition coefficient (Wildman–Crippen LogP) is 3.66. The number of rotatable bonds is 5. The summed E-state index contributed by atoms with van der Waals surface area (Å²) in [6, 6.07) is 11.8. The van der Waals surface area contributed by atoms with Gasteiger partial charge in [0.05, 0.1) is 0 Å². The molecule has 1 fully saturated rings. The summed E-state index contributed by atoms with van der Waals surface area (Å²) < 4.78 is 0. The van der Waals surface area contributed by atoms with Crippen LogP contribution in [0.3, 0.4) is 0 Å². The number of aryl methyl sites for hydroxylation is 3. The number of hydrogen-bond acceptors (Lipinski definition) is 2.